The third-order valence-electron chi connectivity index (χ3n) is 10.5. The summed E-state index contributed by atoms with van der Waals surface area (Å²) >= 11 is 0. The molecule has 0 spiro atoms. The lowest BCUT2D eigenvalue weighted by Crippen LogP contribution is -2.62. The summed E-state index contributed by atoms with van der Waals surface area (Å²) in [7, 11) is 0. The molecule has 1 saturated carbocycles. The number of hydrogen-bond acceptors (Lipinski definition) is 6. The summed E-state index contributed by atoms with van der Waals surface area (Å²) in [6, 6.07) is -3.54. The first-order valence-corrected chi connectivity index (χ1v) is 18.6. The van der Waals surface area contributed by atoms with Crippen LogP contribution in [0.4, 0.5) is 4.79 Å². The summed E-state index contributed by atoms with van der Waals surface area (Å²) in [6.45, 7) is 16.7. The third-order valence-corrected chi connectivity index (χ3v) is 10.5. The maximum atomic E-state index is 14.4. The van der Waals surface area contributed by atoms with E-state index in [-0.39, 0.29) is 48.6 Å². The molecule has 0 aromatic carbocycles. The summed E-state index contributed by atoms with van der Waals surface area (Å²) in [5, 5.41) is 11.4. The molecule has 0 aromatic rings. The number of rotatable bonds is 15. The highest BCUT2D eigenvalue weighted by Crippen LogP contribution is 2.34. The maximum absolute atomic E-state index is 14.4. The Balaban J connectivity index is 1.81. The van der Waals surface area contributed by atoms with Crippen molar-refractivity contribution in [2.75, 3.05) is 26.2 Å². The Hall–Kier alpha value is -3.44. The number of likely N-dealkylation sites (tertiary alicyclic amines) is 2. The van der Waals surface area contributed by atoms with Crippen LogP contribution in [0, 0.1) is 23.2 Å². The largest absolute Gasteiger partial charge is 0.346 e. The number of nitrogens with one attached hydrogen (secondary N) is 4. The lowest BCUT2D eigenvalue weighted by Gasteiger charge is -2.39. The molecule has 3 aliphatic rings. The molecule has 3 rings (SSSR count). The number of nitrogens with zero attached hydrogens (tertiary/aromatic N) is 2. The smallest absolute Gasteiger partial charge is 0.315 e. The van der Waals surface area contributed by atoms with Gasteiger partial charge in [-0.05, 0) is 61.7 Å². The molecule has 2 saturated heterocycles. The predicted octanol–water partition coefficient (Wildman–Crippen LogP) is 3.69. The van der Waals surface area contributed by atoms with Gasteiger partial charge in [0, 0.05) is 32.6 Å². The van der Waals surface area contributed by atoms with Crippen LogP contribution in [0.1, 0.15) is 112 Å². The Kier molecular flexibility index (Phi) is 15.1. The summed E-state index contributed by atoms with van der Waals surface area (Å²) in [5.74, 6) is -2.13. The van der Waals surface area contributed by atoms with Gasteiger partial charge in [0.25, 0.3) is 5.91 Å². The van der Waals surface area contributed by atoms with Crippen LogP contribution in [0.25, 0.3) is 0 Å². The van der Waals surface area contributed by atoms with E-state index >= 15 is 0 Å². The molecule has 0 bridgehead atoms. The summed E-state index contributed by atoms with van der Waals surface area (Å²) in [4.78, 5) is 83.8. The van der Waals surface area contributed by atoms with E-state index in [4.69, 9.17) is 0 Å². The number of Topliss-reactive ketones (excluding diaryl/α,β-unsaturated/α-hetero) is 1. The second kappa shape index (κ2) is 18.5. The number of urea groups is 1. The van der Waals surface area contributed by atoms with Gasteiger partial charge in [0.1, 0.15) is 12.1 Å². The molecule has 12 heteroatoms. The van der Waals surface area contributed by atoms with Gasteiger partial charge in [-0.15, -0.1) is 6.58 Å². The van der Waals surface area contributed by atoms with Gasteiger partial charge in [-0.1, -0.05) is 73.3 Å². The zero-order chi connectivity index (χ0) is 36.3. The zero-order valence-corrected chi connectivity index (χ0v) is 30.8. The van der Waals surface area contributed by atoms with Crippen molar-refractivity contribution in [3.05, 3.63) is 12.7 Å². The van der Waals surface area contributed by atoms with Crippen molar-refractivity contribution >= 4 is 35.4 Å². The first kappa shape index (κ1) is 40.0. The maximum Gasteiger partial charge on any atom is 0.315 e. The third kappa shape index (κ3) is 11.0. The summed E-state index contributed by atoms with van der Waals surface area (Å²) < 4.78 is 0. The molecular weight excluding hydrogens is 624 g/mol. The molecule has 5 atom stereocenters. The van der Waals surface area contributed by atoms with E-state index in [0.717, 1.165) is 44.9 Å². The topological polar surface area (TPSA) is 157 Å². The molecule has 6 amide bonds. The Morgan fingerprint density at radius 2 is 1.63 bits per heavy atom. The molecule has 276 valence electrons. The first-order valence-electron chi connectivity index (χ1n) is 18.6. The van der Waals surface area contributed by atoms with Gasteiger partial charge in [0.05, 0.1) is 12.1 Å². The number of amides is 6. The van der Waals surface area contributed by atoms with Crippen molar-refractivity contribution in [2.24, 2.45) is 23.2 Å². The second-order valence-corrected chi connectivity index (χ2v) is 15.6. The molecule has 1 aliphatic carbocycles. The first-order chi connectivity index (χ1) is 23.2. The van der Waals surface area contributed by atoms with E-state index < -0.39 is 47.2 Å². The van der Waals surface area contributed by atoms with Gasteiger partial charge in [0.15, 0.2) is 0 Å². The van der Waals surface area contributed by atoms with E-state index in [1.54, 1.807) is 4.90 Å². The number of ketones is 1. The van der Waals surface area contributed by atoms with E-state index in [0.29, 0.717) is 38.9 Å². The highest BCUT2D eigenvalue weighted by atomic mass is 16.2. The molecule has 3 fully saturated rings. The van der Waals surface area contributed by atoms with Crippen LogP contribution in [0.3, 0.4) is 0 Å². The number of carbonyl (C=O) groups excluding carboxylic acids is 6. The average molecular weight is 687 g/mol. The van der Waals surface area contributed by atoms with Crippen LogP contribution in [-0.2, 0) is 24.0 Å². The average Bonchev–Trinajstić information content (AvgIpc) is 3.52. The van der Waals surface area contributed by atoms with Gasteiger partial charge in [-0.3, -0.25) is 24.0 Å². The van der Waals surface area contributed by atoms with Gasteiger partial charge in [-0.25, -0.2) is 4.79 Å². The van der Waals surface area contributed by atoms with Crippen molar-refractivity contribution in [2.45, 2.75) is 136 Å². The number of hydrogen-bond donors (Lipinski definition) is 4. The van der Waals surface area contributed by atoms with Crippen LogP contribution >= 0.6 is 0 Å². The Labute approximate surface area is 293 Å². The monoisotopic (exact) mass is 686 g/mol. The minimum absolute atomic E-state index is 0.0582. The number of carbonyl (C=O) groups is 6. The number of piperidine rings is 1. The van der Waals surface area contributed by atoms with Gasteiger partial charge in [0.2, 0.25) is 23.5 Å². The minimum Gasteiger partial charge on any atom is -0.346 e. The Morgan fingerprint density at radius 1 is 0.939 bits per heavy atom. The van der Waals surface area contributed by atoms with Crippen LogP contribution < -0.4 is 21.3 Å². The molecule has 49 heavy (non-hydrogen) atoms. The van der Waals surface area contributed by atoms with Gasteiger partial charge >= 0.3 is 6.03 Å². The predicted molar refractivity (Wildman–Crippen MR) is 189 cm³/mol. The van der Waals surface area contributed by atoms with Crippen molar-refractivity contribution in [1.82, 2.24) is 31.1 Å². The zero-order valence-electron chi connectivity index (χ0n) is 30.8. The molecule has 2 aliphatic heterocycles. The lowest BCUT2D eigenvalue weighted by molar-refractivity contribution is -0.144. The van der Waals surface area contributed by atoms with Crippen LogP contribution in [0.2, 0.25) is 0 Å². The lowest BCUT2D eigenvalue weighted by atomic mass is 9.83. The van der Waals surface area contributed by atoms with Gasteiger partial charge in [-0.2, -0.15) is 0 Å². The van der Waals surface area contributed by atoms with E-state index in [9.17, 15) is 28.8 Å². The van der Waals surface area contributed by atoms with Crippen LogP contribution in [-0.4, -0.2) is 95.6 Å². The molecule has 1 unspecified atom stereocenters. The Morgan fingerprint density at radius 3 is 2.22 bits per heavy atom. The van der Waals surface area contributed by atoms with E-state index in [1.807, 2.05) is 46.4 Å². The highest BCUT2D eigenvalue weighted by Gasteiger charge is 2.48. The highest BCUT2D eigenvalue weighted by molar-refractivity contribution is 6.38. The summed E-state index contributed by atoms with van der Waals surface area (Å²) in [5.41, 5.74) is -0.696. The fourth-order valence-corrected chi connectivity index (χ4v) is 7.62. The molecule has 0 radical (unpaired) electrons. The quantitative estimate of drug-likeness (QED) is 0.152. The summed E-state index contributed by atoms with van der Waals surface area (Å²) in [6.07, 6.45) is 10.6. The van der Waals surface area contributed by atoms with Crippen molar-refractivity contribution in [3.63, 3.8) is 0 Å². The van der Waals surface area contributed by atoms with Gasteiger partial charge < -0.3 is 31.1 Å². The van der Waals surface area contributed by atoms with Crippen molar-refractivity contribution < 1.29 is 28.8 Å². The van der Waals surface area contributed by atoms with E-state index in [2.05, 4.69) is 27.8 Å². The normalized spacial score (nSPS) is 22.2. The standard InChI is InChI=1S/C37H62N6O6/c1-8-15-27(31(45)34(47)38-20-9-2)39-33(46)30-26(24(3)4)19-22-43(30)35(48)32(37(5,6)7)41-36(49)40-28(25-16-11-10-12-17-25)23-42-21-14-13-18-29(42)44/h9,24-28,30,32H,2,8,10-23H2,1,3-7H3,(H,38,47)(H,39,46)(H2,40,41,49)/t26-,27?,28-,30+,32-/m1/s1. The second-order valence-electron chi connectivity index (χ2n) is 15.6. The molecule has 2 heterocycles. The Bertz CT molecular complexity index is 1190. The van der Waals surface area contributed by atoms with Crippen LogP contribution in [0.5, 0.6) is 0 Å². The molecule has 0 aromatic heterocycles. The van der Waals surface area contributed by atoms with Crippen molar-refractivity contribution in [3.8, 4) is 0 Å². The fraction of sp³-hybridized carbons (Fsp3) is 0.784. The minimum atomic E-state index is -1.03. The van der Waals surface area contributed by atoms with Crippen LogP contribution in [0.15, 0.2) is 12.7 Å². The van der Waals surface area contributed by atoms with Crippen molar-refractivity contribution in [1.29, 1.82) is 0 Å². The fourth-order valence-electron chi connectivity index (χ4n) is 7.62. The SMILES string of the molecule is C=CCNC(=O)C(=O)C(CCC)NC(=O)[C@@H]1[C@@H](C(C)C)CCN1C(=O)[C@@H](NC(=O)N[C@H](CN1CCCCC1=O)C1CCCCC1)C(C)(C)C. The molecular formula is C37H62N6O6. The van der Waals surface area contributed by atoms with E-state index in [1.165, 1.54) is 6.08 Å². The molecule has 12 nitrogen and oxygen atoms in total. The molecule has 4 N–H and O–H groups in total.